The van der Waals surface area contributed by atoms with Crippen LogP contribution in [0.1, 0.15) is 28.4 Å². The second-order valence-electron chi connectivity index (χ2n) is 8.89. The maximum absolute atomic E-state index is 13.2. The van der Waals surface area contributed by atoms with Crippen LogP contribution >= 0.6 is 0 Å². The molecule has 9 nitrogen and oxygen atoms in total. The van der Waals surface area contributed by atoms with E-state index in [1.54, 1.807) is 68.3 Å². The van der Waals surface area contributed by atoms with Gasteiger partial charge in [-0.1, -0.05) is 13.0 Å². The topological polar surface area (TPSA) is 105 Å². The average molecular weight is 538 g/mol. The van der Waals surface area contributed by atoms with Gasteiger partial charge in [0.15, 0.2) is 0 Å². The Hall–Kier alpha value is -3.89. The molecular weight excluding hydrogens is 506 g/mol. The Balaban J connectivity index is 1.48. The van der Waals surface area contributed by atoms with Gasteiger partial charge in [0.2, 0.25) is 15.9 Å². The summed E-state index contributed by atoms with van der Waals surface area (Å²) in [5, 5.41) is 2.78. The molecule has 0 fully saturated rings. The minimum Gasteiger partial charge on any atom is -0.497 e. The smallest absolute Gasteiger partial charge is 0.258 e. The van der Waals surface area contributed by atoms with E-state index in [0.29, 0.717) is 41.3 Å². The Morgan fingerprint density at radius 3 is 2.37 bits per heavy atom. The number of benzene rings is 3. The lowest BCUT2D eigenvalue weighted by Gasteiger charge is -2.21. The molecule has 3 aromatic rings. The summed E-state index contributed by atoms with van der Waals surface area (Å²) in [5.74, 6) is 0.624. The molecule has 1 N–H and O–H groups in total. The van der Waals surface area contributed by atoms with Gasteiger partial charge in [-0.15, -0.1) is 0 Å². The molecular formula is C28H31N3O6S. The van der Waals surface area contributed by atoms with E-state index in [9.17, 15) is 18.0 Å². The van der Waals surface area contributed by atoms with E-state index in [1.807, 2.05) is 6.07 Å². The zero-order chi connectivity index (χ0) is 27.4. The third-order valence-electron chi connectivity index (χ3n) is 6.52. The third kappa shape index (κ3) is 5.51. The normalized spacial score (nSPS) is 12.8. The Kier molecular flexibility index (Phi) is 8.03. The van der Waals surface area contributed by atoms with Crippen molar-refractivity contribution in [3.63, 3.8) is 0 Å². The van der Waals surface area contributed by atoms with E-state index in [4.69, 9.17) is 9.47 Å². The first-order chi connectivity index (χ1) is 18.2. The van der Waals surface area contributed by atoms with Gasteiger partial charge >= 0.3 is 0 Å². The number of likely N-dealkylation sites (N-methyl/N-ethyl adjacent to an activating group) is 1. The number of hydrogen-bond donors (Lipinski definition) is 1. The summed E-state index contributed by atoms with van der Waals surface area (Å²) in [4.78, 5) is 27.8. The standard InChI is InChI=1S/C28H31N3O6S/c1-5-30(38(34,35)24-12-13-26(37-4)19(2)16-24)18-27(32)29-22-9-6-20-14-15-31(25(20)17-22)28(33)21-7-10-23(36-3)11-8-21/h6-13,16-17H,5,14-15,18H2,1-4H3,(H,29,32). The molecule has 2 amide bonds. The summed E-state index contributed by atoms with van der Waals surface area (Å²) in [7, 11) is -0.808. The van der Waals surface area contributed by atoms with Crippen LogP contribution in [-0.4, -0.2) is 58.4 Å². The Morgan fingerprint density at radius 1 is 1.00 bits per heavy atom. The van der Waals surface area contributed by atoms with Crippen LogP contribution in [0.3, 0.4) is 0 Å². The van der Waals surface area contributed by atoms with Crippen molar-refractivity contribution in [2.45, 2.75) is 25.2 Å². The Labute approximate surface area is 223 Å². The number of sulfonamides is 1. The summed E-state index contributed by atoms with van der Waals surface area (Å²) in [6, 6.07) is 16.9. The summed E-state index contributed by atoms with van der Waals surface area (Å²) in [6.07, 6.45) is 0.703. The van der Waals surface area contributed by atoms with Crippen LogP contribution in [0.5, 0.6) is 11.5 Å². The number of ether oxygens (including phenoxy) is 2. The molecule has 0 bridgehead atoms. The van der Waals surface area contributed by atoms with Gasteiger partial charge in [-0.25, -0.2) is 8.42 Å². The number of hydrogen-bond acceptors (Lipinski definition) is 6. The monoisotopic (exact) mass is 537 g/mol. The minimum atomic E-state index is -3.90. The highest BCUT2D eigenvalue weighted by atomic mass is 32.2. The minimum absolute atomic E-state index is 0.0932. The molecule has 1 heterocycles. The number of rotatable bonds is 9. The van der Waals surface area contributed by atoms with Crippen LogP contribution in [0.15, 0.2) is 65.6 Å². The van der Waals surface area contributed by atoms with Gasteiger partial charge < -0.3 is 19.7 Å². The largest absolute Gasteiger partial charge is 0.497 e. The molecule has 0 aromatic heterocycles. The van der Waals surface area contributed by atoms with Crippen molar-refractivity contribution >= 4 is 33.2 Å². The summed E-state index contributed by atoms with van der Waals surface area (Å²) in [5.41, 5.74) is 3.42. The van der Waals surface area contributed by atoms with E-state index in [1.165, 1.54) is 19.2 Å². The van der Waals surface area contributed by atoms with E-state index in [-0.39, 0.29) is 23.9 Å². The lowest BCUT2D eigenvalue weighted by molar-refractivity contribution is -0.116. The first-order valence-electron chi connectivity index (χ1n) is 12.2. The zero-order valence-electron chi connectivity index (χ0n) is 21.9. The molecule has 10 heteroatoms. The molecule has 0 unspecified atom stereocenters. The van der Waals surface area contributed by atoms with Gasteiger partial charge in [0.25, 0.3) is 5.91 Å². The Bertz CT molecular complexity index is 1450. The molecule has 0 aliphatic carbocycles. The number of amides is 2. The summed E-state index contributed by atoms with van der Waals surface area (Å²) < 4.78 is 37.9. The SMILES string of the molecule is CCN(CC(=O)Nc1ccc2c(c1)N(C(=O)c1ccc(OC)cc1)CC2)S(=O)(=O)c1ccc(OC)c(C)c1. The summed E-state index contributed by atoms with van der Waals surface area (Å²) in [6.45, 7) is 3.74. The molecule has 0 spiro atoms. The van der Waals surface area contributed by atoms with E-state index in [2.05, 4.69) is 5.32 Å². The quantitative estimate of drug-likeness (QED) is 0.444. The van der Waals surface area contributed by atoms with Gasteiger partial charge in [0, 0.05) is 30.0 Å². The van der Waals surface area contributed by atoms with Crippen LogP contribution < -0.4 is 19.7 Å². The number of aryl methyl sites for hydroxylation is 1. The number of fused-ring (bicyclic) bond motifs is 1. The van der Waals surface area contributed by atoms with Crippen LogP contribution in [0.4, 0.5) is 11.4 Å². The number of methoxy groups -OCH3 is 2. The number of anilines is 2. The van der Waals surface area contributed by atoms with Crippen molar-refractivity contribution in [3.8, 4) is 11.5 Å². The molecule has 1 aliphatic heterocycles. The maximum Gasteiger partial charge on any atom is 0.258 e. The van der Waals surface area contributed by atoms with Gasteiger partial charge in [-0.05, 0) is 79.1 Å². The highest BCUT2D eigenvalue weighted by molar-refractivity contribution is 7.89. The Morgan fingerprint density at radius 2 is 1.74 bits per heavy atom. The van der Waals surface area contributed by atoms with Gasteiger partial charge in [-0.2, -0.15) is 4.31 Å². The van der Waals surface area contributed by atoms with E-state index < -0.39 is 15.9 Å². The highest BCUT2D eigenvalue weighted by Crippen LogP contribution is 2.32. The predicted octanol–water partition coefficient (Wildman–Crippen LogP) is 3.86. The van der Waals surface area contributed by atoms with E-state index >= 15 is 0 Å². The average Bonchev–Trinajstić information content (AvgIpc) is 3.34. The molecule has 0 saturated heterocycles. The molecule has 0 radical (unpaired) electrons. The van der Waals surface area contributed by atoms with Crippen molar-refractivity contribution < 1.29 is 27.5 Å². The maximum atomic E-state index is 13.2. The molecule has 200 valence electrons. The lowest BCUT2D eigenvalue weighted by atomic mass is 10.1. The molecule has 1 aliphatic rings. The lowest BCUT2D eigenvalue weighted by Crippen LogP contribution is -2.37. The van der Waals surface area contributed by atoms with Crippen molar-refractivity contribution in [3.05, 3.63) is 77.4 Å². The number of carbonyl (C=O) groups is 2. The van der Waals surface area contributed by atoms with Gasteiger partial charge in [0.05, 0.1) is 25.7 Å². The number of carbonyl (C=O) groups excluding carboxylic acids is 2. The van der Waals surface area contributed by atoms with Crippen molar-refractivity contribution in [1.29, 1.82) is 0 Å². The third-order valence-corrected chi connectivity index (χ3v) is 8.44. The fourth-order valence-corrected chi connectivity index (χ4v) is 5.94. The van der Waals surface area contributed by atoms with E-state index in [0.717, 1.165) is 15.6 Å². The second kappa shape index (κ2) is 11.2. The van der Waals surface area contributed by atoms with Crippen molar-refractivity contribution in [2.75, 3.05) is 44.1 Å². The van der Waals surface area contributed by atoms with Crippen molar-refractivity contribution in [1.82, 2.24) is 4.31 Å². The zero-order valence-corrected chi connectivity index (χ0v) is 22.7. The number of nitrogens with zero attached hydrogens (tertiary/aromatic N) is 2. The van der Waals surface area contributed by atoms with Crippen LogP contribution in [-0.2, 0) is 21.2 Å². The second-order valence-corrected chi connectivity index (χ2v) is 10.8. The highest BCUT2D eigenvalue weighted by Gasteiger charge is 2.28. The fraction of sp³-hybridized carbons (Fsp3) is 0.286. The number of nitrogens with one attached hydrogen (secondary N) is 1. The molecule has 38 heavy (non-hydrogen) atoms. The fourth-order valence-electron chi connectivity index (χ4n) is 4.45. The first kappa shape index (κ1) is 27.2. The first-order valence-corrected chi connectivity index (χ1v) is 13.7. The molecule has 0 saturated carbocycles. The molecule has 3 aromatic carbocycles. The van der Waals surface area contributed by atoms with Crippen molar-refractivity contribution in [2.24, 2.45) is 0 Å². The van der Waals surface area contributed by atoms with Gasteiger partial charge in [0.1, 0.15) is 11.5 Å². The van der Waals surface area contributed by atoms with Gasteiger partial charge in [-0.3, -0.25) is 9.59 Å². The summed E-state index contributed by atoms with van der Waals surface area (Å²) >= 11 is 0. The molecule has 4 rings (SSSR count). The predicted molar refractivity (Wildman–Crippen MR) is 146 cm³/mol. The van der Waals surface area contributed by atoms with Crippen LogP contribution in [0.25, 0.3) is 0 Å². The van der Waals surface area contributed by atoms with Crippen LogP contribution in [0, 0.1) is 6.92 Å². The molecule has 0 atom stereocenters. The van der Waals surface area contributed by atoms with Crippen LogP contribution in [0.2, 0.25) is 0 Å².